The number of anilines is 1. The van der Waals surface area contributed by atoms with Crippen LogP contribution in [-0.4, -0.2) is 16.9 Å². The van der Waals surface area contributed by atoms with Crippen LogP contribution in [0.1, 0.15) is 0 Å². The summed E-state index contributed by atoms with van der Waals surface area (Å²) in [5.41, 5.74) is 7.16. The van der Waals surface area contributed by atoms with E-state index in [1.54, 1.807) is 36.4 Å². The van der Waals surface area contributed by atoms with E-state index in [0.717, 1.165) is 0 Å². The topological polar surface area (TPSA) is 83.3 Å². The lowest BCUT2D eigenvalue weighted by molar-refractivity contribution is 0.414. The molecule has 1 aromatic heterocycles. The van der Waals surface area contributed by atoms with Gasteiger partial charge in [0.05, 0.1) is 29.1 Å². The van der Waals surface area contributed by atoms with E-state index in [4.69, 9.17) is 26.5 Å². The van der Waals surface area contributed by atoms with E-state index in [-0.39, 0.29) is 5.89 Å². The van der Waals surface area contributed by atoms with Gasteiger partial charge in [0, 0.05) is 6.07 Å². The molecule has 3 aromatic rings. The second-order valence-corrected chi connectivity index (χ2v) is 4.90. The Morgan fingerprint density at radius 2 is 2.00 bits per heavy atom. The molecule has 0 saturated heterocycles. The van der Waals surface area contributed by atoms with Gasteiger partial charge in [0.25, 0.3) is 5.89 Å². The number of nitrogens with zero attached hydrogens (tertiary/aromatic N) is 2. The number of nitrogen functional groups attached to an aromatic ring is 1. The molecule has 0 spiro atoms. The van der Waals surface area contributed by atoms with Crippen LogP contribution in [0, 0.1) is 0 Å². The van der Waals surface area contributed by atoms with Crippen LogP contribution in [0.5, 0.6) is 5.75 Å². The number of hydrogen-bond acceptors (Lipinski definition) is 5. The Morgan fingerprint density at radius 1 is 1.27 bits per heavy atom. The highest BCUT2D eigenvalue weighted by molar-refractivity contribution is 6.33. The van der Waals surface area contributed by atoms with E-state index >= 15 is 0 Å². The highest BCUT2D eigenvalue weighted by Gasteiger charge is 2.17. The summed E-state index contributed by atoms with van der Waals surface area (Å²) >= 11 is 6.02. The zero-order valence-electron chi connectivity index (χ0n) is 11.6. The summed E-state index contributed by atoms with van der Waals surface area (Å²) in [6.07, 6.45) is 0. The van der Waals surface area contributed by atoms with E-state index in [1.165, 1.54) is 11.8 Å². The van der Waals surface area contributed by atoms with Crippen LogP contribution in [0.3, 0.4) is 0 Å². The summed E-state index contributed by atoms with van der Waals surface area (Å²) in [4.78, 5) is 12.0. The predicted molar refractivity (Wildman–Crippen MR) is 83.5 cm³/mol. The minimum atomic E-state index is -0.601. The molecule has 0 radical (unpaired) electrons. The summed E-state index contributed by atoms with van der Waals surface area (Å²) in [5, 5.41) is 4.51. The lowest BCUT2D eigenvalue weighted by Crippen LogP contribution is -2.12. The molecule has 0 bridgehead atoms. The summed E-state index contributed by atoms with van der Waals surface area (Å²) in [6.45, 7) is 0. The average Bonchev–Trinajstić information content (AvgIpc) is 2.92. The molecule has 0 saturated carbocycles. The highest BCUT2D eigenvalue weighted by Crippen LogP contribution is 2.34. The predicted octanol–water partition coefficient (Wildman–Crippen LogP) is 2.74. The van der Waals surface area contributed by atoms with Crippen molar-refractivity contribution < 1.29 is 9.15 Å². The normalized spacial score (nSPS) is 10.6. The van der Waals surface area contributed by atoms with Gasteiger partial charge in [0.1, 0.15) is 5.75 Å². The third kappa shape index (κ3) is 2.44. The van der Waals surface area contributed by atoms with E-state index < -0.39 is 5.76 Å². The summed E-state index contributed by atoms with van der Waals surface area (Å²) in [6, 6.07) is 12.1. The fraction of sp³-hybridized carbons (Fsp3) is 0.0667. The van der Waals surface area contributed by atoms with Crippen LogP contribution in [0.2, 0.25) is 5.02 Å². The Hall–Kier alpha value is -2.73. The first kappa shape index (κ1) is 14.2. The molecular formula is C15H12ClN3O3. The summed E-state index contributed by atoms with van der Waals surface area (Å²) in [7, 11) is 1.48. The van der Waals surface area contributed by atoms with Crippen molar-refractivity contribution in [3.63, 3.8) is 0 Å². The van der Waals surface area contributed by atoms with Crippen molar-refractivity contribution >= 4 is 17.3 Å². The lowest BCUT2D eigenvalue weighted by atomic mass is 10.2. The van der Waals surface area contributed by atoms with E-state index in [1.807, 2.05) is 6.07 Å². The van der Waals surface area contributed by atoms with Crippen LogP contribution >= 0.6 is 11.6 Å². The first-order valence-electron chi connectivity index (χ1n) is 6.39. The molecule has 0 atom stereocenters. The number of aromatic nitrogens is 2. The average molecular weight is 318 g/mol. The Bertz CT molecular complexity index is 871. The SMILES string of the molecule is COc1cc(N)c(Cl)cc1-c1nn(-c2ccccc2)c(=O)o1. The minimum Gasteiger partial charge on any atom is -0.496 e. The molecule has 0 aliphatic rings. The van der Waals surface area contributed by atoms with Gasteiger partial charge in [-0.2, -0.15) is 4.68 Å². The maximum Gasteiger partial charge on any atom is 0.442 e. The molecule has 7 heteroatoms. The minimum absolute atomic E-state index is 0.104. The maximum absolute atomic E-state index is 12.0. The zero-order valence-corrected chi connectivity index (χ0v) is 12.4. The second kappa shape index (κ2) is 5.57. The van der Waals surface area contributed by atoms with E-state index in [9.17, 15) is 4.79 Å². The van der Waals surface area contributed by atoms with Crippen LogP contribution in [0.15, 0.2) is 51.7 Å². The number of para-hydroxylation sites is 1. The van der Waals surface area contributed by atoms with Gasteiger partial charge in [0.15, 0.2) is 0 Å². The number of ether oxygens (including phenoxy) is 1. The van der Waals surface area contributed by atoms with Gasteiger partial charge in [-0.05, 0) is 18.2 Å². The largest absolute Gasteiger partial charge is 0.496 e. The standard InChI is InChI=1S/C15H12ClN3O3/c1-21-13-8-12(17)11(16)7-10(13)14-18-19(15(20)22-14)9-5-3-2-4-6-9/h2-8H,17H2,1H3. The highest BCUT2D eigenvalue weighted by atomic mass is 35.5. The molecule has 3 rings (SSSR count). The van der Waals surface area contributed by atoms with Gasteiger partial charge < -0.3 is 14.9 Å². The molecule has 0 unspecified atom stereocenters. The van der Waals surface area contributed by atoms with Gasteiger partial charge in [0.2, 0.25) is 0 Å². The number of hydrogen-bond donors (Lipinski definition) is 1. The third-order valence-electron chi connectivity index (χ3n) is 3.10. The molecule has 0 aliphatic carbocycles. The zero-order chi connectivity index (χ0) is 15.7. The van der Waals surface area contributed by atoms with Crippen molar-refractivity contribution in [3.05, 3.63) is 58.0 Å². The van der Waals surface area contributed by atoms with Crippen molar-refractivity contribution in [2.24, 2.45) is 0 Å². The molecule has 112 valence electrons. The molecule has 22 heavy (non-hydrogen) atoms. The monoisotopic (exact) mass is 317 g/mol. The van der Waals surface area contributed by atoms with Crippen LogP contribution in [0.4, 0.5) is 5.69 Å². The lowest BCUT2D eigenvalue weighted by Gasteiger charge is -2.07. The first-order chi connectivity index (χ1) is 10.6. The van der Waals surface area contributed by atoms with Gasteiger partial charge in [-0.15, -0.1) is 5.10 Å². The quantitative estimate of drug-likeness (QED) is 0.751. The molecule has 2 aromatic carbocycles. The number of halogens is 1. The molecule has 0 aliphatic heterocycles. The Balaban J connectivity index is 2.15. The van der Waals surface area contributed by atoms with Gasteiger partial charge in [-0.25, -0.2) is 4.79 Å². The maximum atomic E-state index is 12.0. The van der Waals surface area contributed by atoms with Gasteiger partial charge in [-0.3, -0.25) is 0 Å². The number of benzene rings is 2. The second-order valence-electron chi connectivity index (χ2n) is 4.49. The van der Waals surface area contributed by atoms with Crippen LogP contribution in [-0.2, 0) is 0 Å². The van der Waals surface area contributed by atoms with Crippen LogP contribution < -0.4 is 16.2 Å². The Labute approximate surface area is 130 Å². The third-order valence-corrected chi connectivity index (χ3v) is 3.43. The molecular weight excluding hydrogens is 306 g/mol. The molecule has 0 fully saturated rings. The van der Waals surface area contributed by atoms with E-state index in [0.29, 0.717) is 27.7 Å². The van der Waals surface area contributed by atoms with Crippen molar-refractivity contribution in [2.45, 2.75) is 0 Å². The smallest absolute Gasteiger partial charge is 0.442 e. The van der Waals surface area contributed by atoms with Crippen molar-refractivity contribution in [3.8, 4) is 22.9 Å². The van der Waals surface area contributed by atoms with Crippen LogP contribution in [0.25, 0.3) is 17.1 Å². The Morgan fingerprint density at radius 3 is 2.68 bits per heavy atom. The molecule has 6 nitrogen and oxygen atoms in total. The summed E-state index contributed by atoms with van der Waals surface area (Å²) in [5.74, 6) is -0.0767. The van der Waals surface area contributed by atoms with Crippen molar-refractivity contribution in [2.75, 3.05) is 12.8 Å². The number of methoxy groups -OCH3 is 1. The summed E-state index contributed by atoms with van der Waals surface area (Å²) < 4.78 is 11.6. The number of nitrogens with two attached hydrogens (primary N) is 1. The molecule has 2 N–H and O–H groups in total. The van der Waals surface area contributed by atoms with Crippen molar-refractivity contribution in [1.82, 2.24) is 9.78 Å². The van der Waals surface area contributed by atoms with Gasteiger partial charge in [-0.1, -0.05) is 29.8 Å². The molecule has 0 amide bonds. The fourth-order valence-electron chi connectivity index (χ4n) is 2.02. The first-order valence-corrected chi connectivity index (χ1v) is 6.77. The van der Waals surface area contributed by atoms with E-state index in [2.05, 4.69) is 5.10 Å². The fourth-order valence-corrected chi connectivity index (χ4v) is 2.19. The molecule has 1 heterocycles. The Kier molecular flexibility index (Phi) is 3.60. The van der Waals surface area contributed by atoms with Crippen molar-refractivity contribution in [1.29, 1.82) is 0 Å². The van der Waals surface area contributed by atoms with Gasteiger partial charge >= 0.3 is 5.76 Å². The number of rotatable bonds is 3.